The molecule has 2 aromatic rings. The Labute approximate surface area is 102 Å². The molecule has 84 valence electrons. The van der Waals surface area contributed by atoms with Gasteiger partial charge in [0.05, 0.1) is 5.52 Å². The van der Waals surface area contributed by atoms with E-state index in [4.69, 9.17) is 0 Å². The molecule has 1 nitrogen and oxygen atoms in total. The molecule has 16 heavy (non-hydrogen) atoms. The molecule has 1 heterocycles. The van der Waals surface area contributed by atoms with E-state index in [1.807, 2.05) is 12.3 Å². The number of rotatable bonds is 3. The maximum absolute atomic E-state index is 4.46. The molecule has 0 aliphatic heterocycles. The number of benzene rings is 1. The summed E-state index contributed by atoms with van der Waals surface area (Å²) in [6.45, 7) is 4.51. The summed E-state index contributed by atoms with van der Waals surface area (Å²) >= 11 is 4.46. The average Bonchev–Trinajstić information content (AvgIpc) is 2.30. The minimum atomic E-state index is 0.589. The van der Waals surface area contributed by atoms with Crippen LogP contribution in [0.4, 0.5) is 0 Å². The van der Waals surface area contributed by atoms with Gasteiger partial charge in [0.2, 0.25) is 0 Å². The average molecular weight is 231 g/mol. The quantitative estimate of drug-likeness (QED) is 0.771. The van der Waals surface area contributed by atoms with Crippen molar-refractivity contribution in [2.45, 2.75) is 37.5 Å². The highest BCUT2D eigenvalue weighted by atomic mass is 32.1. The molecule has 0 aliphatic carbocycles. The van der Waals surface area contributed by atoms with E-state index in [0.717, 1.165) is 10.4 Å². The van der Waals surface area contributed by atoms with Crippen LogP contribution in [0, 0.1) is 0 Å². The molecule has 1 unspecified atom stereocenters. The summed E-state index contributed by atoms with van der Waals surface area (Å²) in [4.78, 5) is 5.37. The van der Waals surface area contributed by atoms with Gasteiger partial charge in [-0.05, 0) is 30.0 Å². The summed E-state index contributed by atoms with van der Waals surface area (Å²) in [6, 6.07) is 8.38. The normalized spacial score (nSPS) is 12.9. The van der Waals surface area contributed by atoms with Crippen molar-refractivity contribution in [2.75, 3.05) is 0 Å². The van der Waals surface area contributed by atoms with E-state index < -0.39 is 0 Å². The van der Waals surface area contributed by atoms with E-state index in [2.05, 4.69) is 49.7 Å². The van der Waals surface area contributed by atoms with Gasteiger partial charge in [-0.2, -0.15) is 0 Å². The van der Waals surface area contributed by atoms with Crippen LogP contribution in [0.3, 0.4) is 0 Å². The fourth-order valence-corrected chi connectivity index (χ4v) is 2.45. The summed E-state index contributed by atoms with van der Waals surface area (Å²) < 4.78 is 0. The smallest absolute Gasteiger partial charge is 0.0837 e. The molecule has 1 aromatic carbocycles. The lowest BCUT2D eigenvalue weighted by Crippen LogP contribution is -1.95. The molecule has 0 N–H and O–H groups in total. The molecule has 0 radical (unpaired) electrons. The second-order valence-electron chi connectivity index (χ2n) is 4.26. The Morgan fingerprint density at radius 1 is 1.31 bits per heavy atom. The molecule has 0 saturated heterocycles. The fraction of sp³-hybridized carbons (Fsp3) is 0.357. The predicted octanol–water partition coefficient (Wildman–Crippen LogP) is 4.43. The van der Waals surface area contributed by atoms with Gasteiger partial charge in [0, 0.05) is 16.5 Å². The zero-order chi connectivity index (χ0) is 11.5. The van der Waals surface area contributed by atoms with Crippen LogP contribution in [0.15, 0.2) is 35.4 Å². The largest absolute Gasteiger partial charge is 0.255 e. The van der Waals surface area contributed by atoms with Crippen LogP contribution in [0.1, 0.15) is 38.2 Å². The minimum Gasteiger partial charge on any atom is -0.255 e. The van der Waals surface area contributed by atoms with Gasteiger partial charge >= 0.3 is 0 Å². The monoisotopic (exact) mass is 231 g/mol. The van der Waals surface area contributed by atoms with Crippen molar-refractivity contribution in [1.82, 2.24) is 4.98 Å². The molecule has 0 aliphatic rings. The highest BCUT2D eigenvalue weighted by molar-refractivity contribution is 7.80. The second kappa shape index (κ2) is 4.88. The molecule has 2 heteroatoms. The van der Waals surface area contributed by atoms with Crippen molar-refractivity contribution >= 4 is 23.5 Å². The zero-order valence-electron chi connectivity index (χ0n) is 9.77. The van der Waals surface area contributed by atoms with Crippen molar-refractivity contribution < 1.29 is 0 Å². The molecule has 1 atom stereocenters. The van der Waals surface area contributed by atoms with Gasteiger partial charge in [-0.3, -0.25) is 4.98 Å². The van der Waals surface area contributed by atoms with Crippen molar-refractivity contribution in [3.63, 3.8) is 0 Å². The number of hydrogen-bond acceptors (Lipinski definition) is 2. The van der Waals surface area contributed by atoms with E-state index in [-0.39, 0.29) is 0 Å². The summed E-state index contributed by atoms with van der Waals surface area (Å²) in [7, 11) is 0. The molecule has 0 bridgehead atoms. The van der Waals surface area contributed by atoms with Crippen molar-refractivity contribution in [3.8, 4) is 0 Å². The first-order chi connectivity index (χ1) is 7.74. The van der Waals surface area contributed by atoms with Gasteiger partial charge in [-0.25, -0.2) is 0 Å². The van der Waals surface area contributed by atoms with Crippen LogP contribution < -0.4 is 0 Å². The van der Waals surface area contributed by atoms with E-state index in [1.54, 1.807) is 0 Å². The van der Waals surface area contributed by atoms with Crippen molar-refractivity contribution in [2.24, 2.45) is 0 Å². The lowest BCUT2D eigenvalue weighted by atomic mass is 9.93. The Kier molecular flexibility index (Phi) is 3.49. The SMILES string of the molecule is CCCC(C)c1ccc(S)c2ncccc12. The maximum atomic E-state index is 4.46. The minimum absolute atomic E-state index is 0.589. The third-order valence-electron chi connectivity index (χ3n) is 3.03. The standard InChI is InChI=1S/C14H17NS/c1-3-5-10(2)11-7-8-13(16)14-12(11)6-4-9-15-14/h4,6-10,16H,3,5H2,1-2H3. The molecule has 0 amide bonds. The van der Waals surface area contributed by atoms with Gasteiger partial charge in [-0.15, -0.1) is 12.6 Å². The zero-order valence-corrected chi connectivity index (χ0v) is 10.7. The highest BCUT2D eigenvalue weighted by Gasteiger charge is 2.10. The number of aromatic nitrogens is 1. The molecule has 0 saturated carbocycles. The first-order valence-corrected chi connectivity index (χ1v) is 6.25. The van der Waals surface area contributed by atoms with Crippen molar-refractivity contribution in [3.05, 3.63) is 36.0 Å². The Morgan fingerprint density at radius 2 is 2.12 bits per heavy atom. The number of fused-ring (bicyclic) bond motifs is 1. The summed E-state index contributed by atoms with van der Waals surface area (Å²) in [6.07, 6.45) is 4.26. The van der Waals surface area contributed by atoms with E-state index in [1.165, 1.54) is 23.8 Å². The van der Waals surface area contributed by atoms with Crippen LogP contribution >= 0.6 is 12.6 Å². The van der Waals surface area contributed by atoms with Gasteiger partial charge in [0.1, 0.15) is 0 Å². The topological polar surface area (TPSA) is 12.9 Å². The van der Waals surface area contributed by atoms with Crippen molar-refractivity contribution in [1.29, 1.82) is 0 Å². The number of nitrogens with zero attached hydrogens (tertiary/aromatic N) is 1. The summed E-state index contributed by atoms with van der Waals surface area (Å²) in [5.74, 6) is 0.589. The Hall–Kier alpha value is -1.02. The van der Waals surface area contributed by atoms with Crippen LogP contribution in [0.2, 0.25) is 0 Å². The Balaban J connectivity index is 2.58. The summed E-state index contributed by atoms with van der Waals surface area (Å²) in [5.41, 5.74) is 2.41. The Bertz CT molecular complexity index is 493. The van der Waals surface area contributed by atoms with Gasteiger partial charge < -0.3 is 0 Å². The lowest BCUT2D eigenvalue weighted by Gasteiger charge is -2.14. The molecule has 0 spiro atoms. The molecule has 1 aromatic heterocycles. The third-order valence-corrected chi connectivity index (χ3v) is 3.40. The first kappa shape index (κ1) is 11.5. The first-order valence-electron chi connectivity index (χ1n) is 5.80. The van der Waals surface area contributed by atoms with Crippen LogP contribution in [-0.2, 0) is 0 Å². The molecule has 0 fully saturated rings. The van der Waals surface area contributed by atoms with E-state index in [0.29, 0.717) is 5.92 Å². The van der Waals surface area contributed by atoms with Gasteiger partial charge in [-0.1, -0.05) is 32.4 Å². The third kappa shape index (κ3) is 2.07. The van der Waals surface area contributed by atoms with E-state index in [9.17, 15) is 0 Å². The Morgan fingerprint density at radius 3 is 2.88 bits per heavy atom. The maximum Gasteiger partial charge on any atom is 0.0837 e. The fourth-order valence-electron chi connectivity index (χ4n) is 2.20. The lowest BCUT2D eigenvalue weighted by molar-refractivity contribution is 0.669. The number of pyridine rings is 1. The van der Waals surface area contributed by atoms with Crippen LogP contribution in [0.5, 0.6) is 0 Å². The molecular weight excluding hydrogens is 214 g/mol. The van der Waals surface area contributed by atoms with E-state index >= 15 is 0 Å². The molecular formula is C14H17NS. The number of thiol groups is 1. The van der Waals surface area contributed by atoms with Gasteiger partial charge in [0.15, 0.2) is 0 Å². The number of hydrogen-bond donors (Lipinski definition) is 1. The van der Waals surface area contributed by atoms with Crippen LogP contribution in [-0.4, -0.2) is 4.98 Å². The molecule has 2 rings (SSSR count). The highest BCUT2D eigenvalue weighted by Crippen LogP contribution is 2.30. The second-order valence-corrected chi connectivity index (χ2v) is 4.75. The predicted molar refractivity (Wildman–Crippen MR) is 72.3 cm³/mol. The van der Waals surface area contributed by atoms with Crippen LogP contribution in [0.25, 0.3) is 10.9 Å². The summed E-state index contributed by atoms with van der Waals surface area (Å²) in [5, 5.41) is 1.25. The van der Waals surface area contributed by atoms with Gasteiger partial charge in [0.25, 0.3) is 0 Å².